The molecule has 0 amide bonds. The Balaban J connectivity index is 2.41. The maximum Gasteiger partial charge on any atom is 0.494 e. The van der Waals surface area contributed by atoms with Crippen molar-refractivity contribution in [2.75, 3.05) is 0 Å². The van der Waals surface area contributed by atoms with E-state index in [1.165, 1.54) is 0 Å². The fraction of sp³-hybridized carbons (Fsp3) is 0.647. The van der Waals surface area contributed by atoms with E-state index < -0.39 is 33.9 Å². The minimum atomic E-state index is -3.61. The van der Waals surface area contributed by atoms with Crippen LogP contribution in [0.15, 0.2) is 23.1 Å². The third kappa shape index (κ3) is 4.02. The third-order valence-corrected chi connectivity index (χ3v) is 6.09. The van der Waals surface area contributed by atoms with Crippen molar-refractivity contribution in [3.63, 3.8) is 0 Å². The minimum Gasteiger partial charge on any atom is -0.399 e. The van der Waals surface area contributed by atoms with Crippen LogP contribution in [0.3, 0.4) is 0 Å². The highest BCUT2D eigenvalue weighted by atomic mass is 32.2. The van der Waals surface area contributed by atoms with Crippen molar-refractivity contribution >= 4 is 22.6 Å². The van der Waals surface area contributed by atoms with Crippen LogP contribution in [0.2, 0.25) is 0 Å². The maximum absolute atomic E-state index is 12.6. The Morgan fingerprint density at radius 1 is 1.00 bits per heavy atom. The van der Waals surface area contributed by atoms with Crippen molar-refractivity contribution in [1.82, 2.24) is 4.72 Å². The number of hydrogen-bond donors (Lipinski definition) is 1. The van der Waals surface area contributed by atoms with Crippen molar-refractivity contribution in [2.24, 2.45) is 0 Å². The molecule has 0 spiro atoms. The lowest BCUT2D eigenvalue weighted by Crippen LogP contribution is -2.41. The molecule has 5 nitrogen and oxygen atoms in total. The Morgan fingerprint density at radius 3 is 1.96 bits per heavy atom. The molecule has 0 unspecified atom stereocenters. The van der Waals surface area contributed by atoms with Gasteiger partial charge in [0.2, 0.25) is 10.0 Å². The second kappa shape index (κ2) is 5.83. The summed E-state index contributed by atoms with van der Waals surface area (Å²) in [4.78, 5) is 0.224. The van der Waals surface area contributed by atoms with Crippen molar-refractivity contribution in [3.05, 3.63) is 23.8 Å². The summed E-state index contributed by atoms with van der Waals surface area (Å²) in [6.45, 7) is 15.2. The van der Waals surface area contributed by atoms with Crippen molar-refractivity contribution in [3.8, 4) is 0 Å². The summed E-state index contributed by atoms with van der Waals surface area (Å²) in [5.41, 5.74) is 0.0702. The van der Waals surface area contributed by atoms with Gasteiger partial charge in [0.25, 0.3) is 0 Å². The van der Waals surface area contributed by atoms with Gasteiger partial charge in [0.15, 0.2) is 0 Å². The molecule has 1 aliphatic heterocycles. The first-order valence-electron chi connectivity index (χ1n) is 8.14. The molecule has 1 fully saturated rings. The molecular formula is C17H28BNO4S. The Hall–Kier alpha value is -0.885. The monoisotopic (exact) mass is 353 g/mol. The highest BCUT2D eigenvalue weighted by Gasteiger charge is 2.51. The molecule has 0 saturated carbocycles. The van der Waals surface area contributed by atoms with Crippen molar-refractivity contribution < 1.29 is 17.7 Å². The SMILES string of the molecule is Cc1cc(B2OC(C)(C)C(C)(C)O2)cc(S(=O)(=O)NC(C)(C)C)c1. The molecule has 1 heterocycles. The first-order chi connectivity index (χ1) is 10.6. The molecule has 1 N–H and O–H groups in total. The molecule has 1 saturated heterocycles. The van der Waals surface area contributed by atoms with Gasteiger partial charge in [0, 0.05) is 5.54 Å². The van der Waals surface area contributed by atoms with Gasteiger partial charge in [-0.2, -0.15) is 0 Å². The molecule has 0 bridgehead atoms. The number of benzene rings is 1. The van der Waals surface area contributed by atoms with Gasteiger partial charge in [-0.1, -0.05) is 11.6 Å². The maximum atomic E-state index is 12.6. The van der Waals surface area contributed by atoms with E-state index in [-0.39, 0.29) is 4.90 Å². The summed E-state index contributed by atoms with van der Waals surface area (Å²) in [6.07, 6.45) is 0. The Kier molecular flexibility index (Phi) is 4.72. The van der Waals surface area contributed by atoms with E-state index in [1.807, 2.05) is 61.5 Å². The molecule has 0 atom stereocenters. The van der Waals surface area contributed by atoms with Gasteiger partial charge < -0.3 is 9.31 Å². The van der Waals surface area contributed by atoms with Crippen LogP contribution in [0, 0.1) is 6.92 Å². The largest absolute Gasteiger partial charge is 0.494 e. The highest BCUT2D eigenvalue weighted by molar-refractivity contribution is 7.89. The Labute approximate surface area is 146 Å². The molecular weight excluding hydrogens is 325 g/mol. The van der Waals surface area contributed by atoms with E-state index in [9.17, 15) is 8.42 Å². The van der Waals surface area contributed by atoms with Crippen LogP contribution in [0.25, 0.3) is 0 Å². The van der Waals surface area contributed by atoms with Crippen LogP contribution >= 0.6 is 0 Å². The van der Waals surface area contributed by atoms with Crippen LogP contribution < -0.4 is 10.2 Å². The Morgan fingerprint density at radius 2 is 1.50 bits per heavy atom. The van der Waals surface area contributed by atoms with Crippen LogP contribution in [0.1, 0.15) is 54.0 Å². The zero-order valence-electron chi connectivity index (χ0n) is 15.9. The summed E-state index contributed by atoms with van der Waals surface area (Å²) < 4.78 is 40.0. The normalized spacial score (nSPS) is 20.4. The van der Waals surface area contributed by atoms with Crippen LogP contribution in [-0.4, -0.2) is 32.3 Å². The first-order valence-corrected chi connectivity index (χ1v) is 9.63. The molecule has 0 aromatic heterocycles. The molecule has 2 rings (SSSR count). The third-order valence-electron chi connectivity index (χ3n) is 4.35. The summed E-state index contributed by atoms with van der Waals surface area (Å²) in [5.74, 6) is 0. The number of aryl methyl sites for hydroxylation is 1. The number of nitrogens with one attached hydrogen (secondary N) is 1. The van der Waals surface area contributed by atoms with Gasteiger partial charge in [-0.05, 0) is 73.0 Å². The average molecular weight is 353 g/mol. The molecule has 134 valence electrons. The molecule has 0 radical (unpaired) electrons. The smallest absolute Gasteiger partial charge is 0.399 e. The zero-order chi connectivity index (χ0) is 18.6. The van der Waals surface area contributed by atoms with Gasteiger partial charge in [-0.3, -0.25) is 0 Å². The predicted octanol–water partition coefficient (Wildman–Crippen LogP) is 2.37. The number of hydrogen-bond acceptors (Lipinski definition) is 4. The summed E-state index contributed by atoms with van der Waals surface area (Å²) in [5, 5.41) is 0. The van der Waals surface area contributed by atoms with E-state index in [0.717, 1.165) is 5.56 Å². The second-order valence-electron chi connectivity index (χ2n) is 8.52. The van der Waals surface area contributed by atoms with Crippen molar-refractivity contribution in [1.29, 1.82) is 0 Å². The van der Waals surface area contributed by atoms with Crippen LogP contribution in [-0.2, 0) is 19.3 Å². The minimum absolute atomic E-state index is 0.224. The lowest BCUT2D eigenvalue weighted by atomic mass is 9.78. The molecule has 1 aromatic rings. The standard InChI is InChI=1S/C17H28BNO4S/c1-12-9-13(18-22-16(5,6)17(7,8)23-18)11-14(10-12)24(20,21)19-15(2,3)4/h9-11,19H,1-8H3. The van der Waals surface area contributed by atoms with Crippen LogP contribution in [0.5, 0.6) is 0 Å². The zero-order valence-corrected chi connectivity index (χ0v) is 16.7. The van der Waals surface area contributed by atoms with Gasteiger partial charge in [0.1, 0.15) is 0 Å². The fourth-order valence-electron chi connectivity index (χ4n) is 2.51. The summed E-state index contributed by atoms with van der Waals surface area (Å²) >= 11 is 0. The quantitative estimate of drug-likeness (QED) is 0.848. The summed E-state index contributed by atoms with van der Waals surface area (Å²) in [7, 11) is -4.20. The topological polar surface area (TPSA) is 64.6 Å². The first kappa shape index (κ1) is 19.4. The molecule has 1 aliphatic rings. The van der Waals surface area contributed by atoms with E-state index in [2.05, 4.69) is 4.72 Å². The number of rotatable bonds is 3. The number of sulfonamides is 1. The van der Waals surface area contributed by atoms with Gasteiger partial charge in [-0.15, -0.1) is 0 Å². The molecule has 0 aliphatic carbocycles. The molecule has 7 heteroatoms. The lowest BCUT2D eigenvalue weighted by molar-refractivity contribution is 0.00578. The predicted molar refractivity (Wildman–Crippen MR) is 97.0 cm³/mol. The second-order valence-corrected chi connectivity index (χ2v) is 10.2. The van der Waals surface area contributed by atoms with E-state index >= 15 is 0 Å². The van der Waals surface area contributed by atoms with E-state index in [0.29, 0.717) is 5.46 Å². The van der Waals surface area contributed by atoms with Crippen LogP contribution in [0.4, 0.5) is 0 Å². The molecule has 1 aromatic carbocycles. The average Bonchev–Trinajstić information content (AvgIpc) is 2.54. The Bertz CT molecular complexity index is 719. The van der Waals surface area contributed by atoms with E-state index in [1.54, 1.807) is 12.1 Å². The molecule has 24 heavy (non-hydrogen) atoms. The fourth-order valence-corrected chi connectivity index (χ4v) is 4.07. The van der Waals surface area contributed by atoms with E-state index in [4.69, 9.17) is 9.31 Å². The van der Waals surface area contributed by atoms with Gasteiger partial charge >= 0.3 is 7.12 Å². The summed E-state index contributed by atoms with van der Waals surface area (Å²) in [6, 6.07) is 5.18. The van der Waals surface area contributed by atoms with Gasteiger partial charge in [-0.25, -0.2) is 13.1 Å². The van der Waals surface area contributed by atoms with Gasteiger partial charge in [0.05, 0.1) is 16.1 Å². The van der Waals surface area contributed by atoms with Crippen molar-refractivity contribution in [2.45, 2.75) is 77.0 Å². The highest BCUT2D eigenvalue weighted by Crippen LogP contribution is 2.36. The lowest BCUT2D eigenvalue weighted by Gasteiger charge is -2.32.